The zero-order valence-corrected chi connectivity index (χ0v) is 19.9. The van der Waals surface area contributed by atoms with E-state index in [0.29, 0.717) is 29.1 Å². The maximum atomic E-state index is 15.0. The van der Waals surface area contributed by atoms with Gasteiger partial charge in [-0.1, -0.05) is 12.1 Å². The third-order valence-electron chi connectivity index (χ3n) is 7.20. The van der Waals surface area contributed by atoms with Gasteiger partial charge in [-0.25, -0.2) is 9.37 Å². The van der Waals surface area contributed by atoms with Crippen LogP contribution in [0.25, 0.3) is 22.3 Å². The zero-order valence-electron chi connectivity index (χ0n) is 19.9. The molecule has 36 heavy (non-hydrogen) atoms. The Labute approximate surface area is 207 Å². The number of aromatic amines is 1. The molecule has 190 valence electrons. The number of anilines is 1. The summed E-state index contributed by atoms with van der Waals surface area (Å²) in [7, 11) is 0. The van der Waals surface area contributed by atoms with E-state index in [9.17, 15) is 9.90 Å². The molecule has 9 nitrogen and oxygen atoms in total. The summed E-state index contributed by atoms with van der Waals surface area (Å²) in [4.78, 5) is 21.2. The van der Waals surface area contributed by atoms with Gasteiger partial charge >= 0.3 is 0 Å². The fraction of sp³-hybridized carbons (Fsp3) is 0.462. The molecular formula is C26H29FN4O5. The monoisotopic (exact) mass is 496 g/mol. The fourth-order valence-electron chi connectivity index (χ4n) is 5.38. The van der Waals surface area contributed by atoms with Crippen LogP contribution in [-0.2, 0) is 14.3 Å². The van der Waals surface area contributed by atoms with Crippen LogP contribution < -0.4 is 15.0 Å². The standard InChI is InChI=1S/C26H29FN4O5/c1-14(32)28-16-6-8-31(9-7-16)17-4-2-15(3-5-17)24-18(27)10-19-20(30-24)11-23(29-19)36-22-13-35-25-21(33)12-34-26(22)25/h2-5,10-11,16,21-22,25-26,29,33H,6-9,12-13H2,1H3,(H,28,32)/t21-,22-,25-,26-/m1/s1. The Morgan fingerprint density at radius 1 is 1.17 bits per heavy atom. The summed E-state index contributed by atoms with van der Waals surface area (Å²) >= 11 is 0. The van der Waals surface area contributed by atoms with Gasteiger partial charge in [-0.3, -0.25) is 4.79 Å². The van der Waals surface area contributed by atoms with Crippen molar-refractivity contribution in [3.05, 3.63) is 42.2 Å². The number of pyridine rings is 1. The van der Waals surface area contributed by atoms with Crippen molar-refractivity contribution < 1.29 is 28.5 Å². The van der Waals surface area contributed by atoms with Crippen LogP contribution in [0, 0.1) is 5.82 Å². The predicted molar refractivity (Wildman–Crippen MR) is 130 cm³/mol. The molecule has 1 aromatic carbocycles. The molecule has 5 heterocycles. The molecule has 0 bridgehead atoms. The number of nitrogens with one attached hydrogen (secondary N) is 2. The molecule has 3 saturated heterocycles. The third kappa shape index (κ3) is 4.40. The van der Waals surface area contributed by atoms with E-state index in [1.165, 1.54) is 6.07 Å². The quantitative estimate of drug-likeness (QED) is 0.498. The third-order valence-corrected chi connectivity index (χ3v) is 7.20. The average molecular weight is 497 g/mol. The van der Waals surface area contributed by atoms with Crippen LogP contribution in [0.2, 0.25) is 0 Å². The Morgan fingerprint density at radius 3 is 2.67 bits per heavy atom. The first kappa shape index (κ1) is 23.2. The van der Waals surface area contributed by atoms with Crippen LogP contribution in [0.5, 0.6) is 5.88 Å². The summed E-state index contributed by atoms with van der Waals surface area (Å²) in [5, 5.41) is 12.9. The maximum Gasteiger partial charge on any atom is 0.217 e. The van der Waals surface area contributed by atoms with Crippen molar-refractivity contribution in [2.24, 2.45) is 0 Å². The summed E-state index contributed by atoms with van der Waals surface area (Å²) < 4.78 is 32.2. The van der Waals surface area contributed by atoms with Crippen molar-refractivity contribution in [3.63, 3.8) is 0 Å². The smallest absolute Gasteiger partial charge is 0.217 e. The first-order valence-corrected chi connectivity index (χ1v) is 12.3. The lowest BCUT2D eigenvalue weighted by Crippen LogP contribution is -2.44. The summed E-state index contributed by atoms with van der Waals surface area (Å²) in [6, 6.07) is 11.1. The second-order valence-electron chi connectivity index (χ2n) is 9.71. The molecule has 0 aliphatic carbocycles. The Kier molecular flexibility index (Phi) is 6.02. The molecule has 3 aliphatic heterocycles. The molecule has 1 amide bonds. The molecule has 2 aromatic heterocycles. The van der Waals surface area contributed by atoms with Gasteiger partial charge < -0.3 is 34.5 Å². The Balaban J connectivity index is 1.16. The lowest BCUT2D eigenvalue weighted by molar-refractivity contribution is -0.119. The van der Waals surface area contributed by atoms with Gasteiger partial charge in [0.2, 0.25) is 5.91 Å². The number of aliphatic hydroxyl groups excluding tert-OH is 1. The molecule has 3 fully saturated rings. The molecule has 6 rings (SSSR count). The van der Waals surface area contributed by atoms with Gasteiger partial charge in [0.15, 0.2) is 17.8 Å². The van der Waals surface area contributed by atoms with Crippen LogP contribution in [0.3, 0.4) is 0 Å². The molecule has 4 atom stereocenters. The Hall–Kier alpha value is -3.21. The van der Waals surface area contributed by atoms with Gasteiger partial charge in [-0.05, 0) is 25.0 Å². The van der Waals surface area contributed by atoms with E-state index in [4.69, 9.17) is 14.2 Å². The summed E-state index contributed by atoms with van der Waals surface area (Å²) in [6.07, 6.45) is 0.0711. The number of amides is 1. The van der Waals surface area contributed by atoms with Crippen molar-refractivity contribution in [2.45, 2.75) is 50.2 Å². The first-order valence-electron chi connectivity index (χ1n) is 12.3. The number of benzene rings is 1. The van der Waals surface area contributed by atoms with E-state index in [2.05, 4.69) is 20.2 Å². The van der Waals surface area contributed by atoms with Crippen molar-refractivity contribution in [1.29, 1.82) is 0 Å². The van der Waals surface area contributed by atoms with Crippen molar-refractivity contribution >= 4 is 22.6 Å². The van der Waals surface area contributed by atoms with Gasteiger partial charge in [-0.2, -0.15) is 0 Å². The molecule has 3 N–H and O–H groups in total. The number of fused-ring (bicyclic) bond motifs is 2. The average Bonchev–Trinajstić information content (AvgIpc) is 3.55. The Morgan fingerprint density at radius 2 is 1.92 bits per heavy atom. The van der Waals surface area contributed by atoms with E-state index in [0.717, 1.165) is 31.6 Å². The molecule has 3 aliphatic rings. The van der Waals surface area contributed by atoms with Crippen LogP contribution in [0.1, 0.15) is 19.8 Å². The highest BCUT2D eigenvalue weighted by Crippen LogP contribution is 2.32. The van der Waals surface area contributed by atoms with Crippen LogP contribution in [0.15, 0.2) is 36.4 Å². The van der Waals surface area contributed by atoms with Crippen LogP contribution >= 0.6 is 0 Å². The number of hydrogen-bond acceptors (Lipinski definition) is 7. The highest BCUT2D eigenvalue weighted by molar-refractivity contribution is 5.81. The minimum atomic E-state index is -0.647. The molecular weight excluding hydrogens is 467 g/mol. The van der Waals surface area contributed by atoms with Crippen molar-refractivity contribution in [2.75, 3.05) is 31.2 Å². The van der Waals surface area contributed by atoms with Gasteiger partial charge in [-0.15, -0.1) is 0 Å². The van der Waals surface area contributed by atoms with E-state index in [1.54, 1.807) is 13.0 Å². The zero-order chi connectivity index (χ0) is 24.8. The normalized spacial score (nSPS) is 26.4. The molecule has 0 radical (unpaired) electrons. The molecule has 10 heteroatoms. The summed E-state index contributed by atoms with van der Waals surface area (Å²) in [6.45, 7) is 3.80. The van der Waals surface area contributed by atoms with Gasteiger partial charge in [0.25, 0.3) is 0 Å². The number of piperidine rings is 1. The van der Waals surface area contributed by atoms with Gasteiger partial charge in [0, 0.05) is 49.4 Å². The van der Waals surface area contributed by atoms with Crippen molar-refractivity contribution in [3.8, 4) is 17.1 Å². The highest BCUT2D eigenvalue weighted by atomic mass is 19.1. The number of H-pyrrole nitrogens is 1. The second-order valence-corrected chi connectivity index (χ2v) is 9.71. The number of halogens is 1. The minimum Gasteiger partial charge on any atom is -0.470 e. The number of aromatic nitrogens is 2. The minimum absolute atomic E-state index is 0.00858. The van der Waals surface area contributed by atoms with E-state index in [-0.39, 0.29) is 42.6 Å². The number of hydrogen-bond donors (Lipinski definition) is 3. The SMILES string of the molecule is CC(=O)NC1CCN(c2ccc(-c3nc4cc(O[C@@H]5CO[C@H]6[C@@H]5OC[C@H]6O)[nH]c4cc3F)cc2)CC1. The lowest BCUT2D eigenvalue weighted by atomic mass is 10.0. The lowest BCUT2D eigenvalue weighted by Gasteiger charge is -2.33. The number of rotatable bonds is 5. The summed E-state index contributed by atoms with van der Waals surface area (Å²) in [5.74, 6) is 0.0341. The second kappa shape index (κ2) is 9.34. The van der Waals surface area contributed by atoms with Gasteiger partial charge in [0.1, 0.15) is 24.0 Å². The molecule has 3 aromatic rings. The molecule has 0 unspecified atom stereocenters. The highest BCUT2D eigenvalue weighted by Gasteiger charge is 2.48. The predicted octanol–water partition coefficient (Wildman–Crippen LogP) is 2.38. The summed E-state index contributed by atoms with van der Waals surface area (Å²) in [5.41, 5.74) is 3.15. The van der Waals surface area contributed by atoms with Crippen LogP contribution in [-0.4, -0.2) is 77.7 Å². The molecule has 0 saturated carbocycles. The molecule has 0 spiro atoms. The largest absolute Gasteiger partial charge is 0.470 e. The Bertz CT molecular complexity index is 1260. The van der Waals surface area contributed by atoms with Crippen LogP contribution in [0.4, 0.5) is 10.1 Å². The number of nitrogens with zero attached hydrogens (tertiary/aromatic N) is 2. The number of carbonyl (C=O) groups is 1. The van der Waals surface area contributed by atoms with E-state index >= 15 is 4.39 Å². The van der Waals surface area contributed by atoms with Crippen molar-refractivity contribution in [1.82, 2.24) is 15.3 Å². The maximum absolute atomic E-state index is 15.0. The fourth-order valence-corrected chi connectivity index (χ4v) is 5.38. The first-order chi connectivity index (χ1) is 17.4. The van der Waals surface area contributed by atoms with Gasteiger partial charge in [0.05, 0.1) is 24.2 Å². The number of aliphatic hydroxyl groups is 1. The number of ether oxygens (including phenoxy) is 3. The van der Waals surface area contributed by atoms with E-state index < -0.39 is 11.9 Å². The number of carbonyl (C=O) groups excluding carboxylic acids is 1. The topological polar surface area (TPSA) is 109 Å². The van der Waals surface area contributed by atoms with E-state index in [1.807, 2.05) is 24.3 Å².